The number of anilines is 2. The summed E-state index contributed by atoms with van der Waals surface area (Å²) in [6.45, 7) is 3.55. The number of hydrogen-bond donors (Lipinski definition) is 1. The number of nitrogens with zero attached hydrogens (tertiary/aromatic N) is 4. The van der Waals surface area contributed by atoms with Gasteiger partial charge in [-0.1, -0.05) is 19.1 Å². The topological polar surface area (TPSA) is 108 Å². The van der Waals surface area contributed by atoms with Gasteiger partial charge in [-0.05, 0) is 25.0 Å². The highest BCUT2D eigenvalue weighted by molar-refractivity contribution is 6.53. The number of hydrogen-bond acceptors (Lipinski definition) is 5. The highest BCUT2D eigenvalue weighted by Crippen LogP contribution is 2.34. The molecule has 132 valence electrons. The Kier molecular flexibility index (Phi) is 4.30. The SMILES string of the molecule is CCC(C(=O)Nc1c(C#N)cnn1C)N1C(=O)C(=O)c2cccc(C)c21. The number of rotatable bonds is 4. The first-order valence-electron chi connectivity index (χ1n) is 8.11. The van der Waals surface area contributed by atoms with Gasteiger partial charge < -0.3 is 5.32 Å². The smallest absolute Gasteiger partial charge is 0.300 e. The third kappa shape index (κ3) is 2.54. The molecule has 2 aromatic rings. The minimum atomic E-state index is -0.879. The number of amides is 2. The van der Waals surface area contributed by atoms with E-state index in [1.165, 1.54) is 15.8 Å². The molecule has 1 N–H and O–H groups in total. The quantitative estimate of drug-likeness (QED) is 0.841. The van der Waals surface area contributed by atoms with Crippen molar-refractivity contribution in [3.05, 3.63) is 41.1 Å². The number of fused-ring (bicyclic) bond motifs is 1. The maximum absolute atomic E-state index is 12.9. The van der Waals surface area contributed by atoms with E-state index < -0.39 is 23.6 Å². The maximum atomic E-state index is 12.9. The Morgan fingerprint density at radius 3 is 2.77 bits per heavy atom. The average molecular weight is 351 g/mol. The van der Waals surface area contributed by atoms with Crippen LogP contribution in [0.15, 0.2) is 24.4 Å². The Morgan fingerprint density at radius 1 is 1.38 bits per heavy atom. The van der Waals surface area contributed by atoms with Crippen LogP contribution in [0, 0.1) is 18.3 Å². The molecule has 2 heterocycles. The van der Waals surface area contributed by atoms with Crippen LogP contribution >= 0.6 is 0 Å². The molecule has 1 atom stereocenters. The number of ketones is 1. The molecule has 0 saturated heterocycles. The Labute approximate surface area is 150 Å². The van der Waals surface area contributed by atoms with Crippen molar-refractivity contribution in [2.75, 3.05) is 10.2 Å². The second-order valence-electron chi connectivity index (χ2n) is 6.03. The second kappa shape index (κ2) is 6.44. The van der Waals surface area contributed by atoms with Crippen molar-refractivity contribution >= 4 is 29.1 Å². The lowest BCUT2D eigenvalue weighted by Gasteiger charge is -2.27. The highest BCUT2D eigenvalue weighted by Gasteiger charge is 2.42. The van der Waals surface area contributed by atoms with Crippen molar-refractivity contribution in [2.24, 2.45) is 7.05 Å². The van der Waals surface area contributed by atoms with E-state index >= 15 is 0 Å². The molecule has 1 aromatic heterocycles. The monoisotopic (exact) mass is 351 g/mol. The molecule has 8 nitrogen and oxygen atoms in total. The summed E-state index contributed by atoms with van der Waals surface area (Å²) in [6.07, 6.45) is 1.65. The summed E-state index contributed by atoms with van der Waals surface area (Å²) in [5.41, 5.74) is 1.73. The summed E-state index contributed by atoms with van der Waals surface area (Å²) in [5, 5.41) is 15.7. The van der Waals surface area contributed by atoms with E-state index in [0.29, 0.717) is 17.7 Å². The van der Waals surface area contributed by atoms with Crippen molar-refractivity contribution in [1.29, 1.82) is 5.26 Å². The molecular weight excluding hydrogens is 334 g/mol. The third-order valence-corrected chi connectivity index (χ3v) is 4.44. The molecule has 26 heavy (non-hydrogen) atoms. The van der Waals surface area contributed by atoms with E-state index in [4.69, 9.17) is 5.26 Å². The van der Waals surface area contributed by atoms with Gasteiger partial charge in [-0.15, -0.1) is 0 Å². The average Bonchev–Trinajstić information content (AvgIpc) is 3.09. The number of nitrogens with one attached hydrogen (secondary N) is 1. The molecule has 8 heteroatoms. The minimum Gasteiger partial charge on any atom is -0.308 e. The van der Waals surface area contributed by atoms with Gasteiger partial charge in [0.2, 0.25) is 5.91 Å². The van der Waals surface area contributed by atoms with Gasteiger partial charge in [0.15, 0.2) is 0 Å². The Bertz CT molecular complexity index is 970. The van der Waals surface area contributed by atoms with Gasteiger partial charge >= 0.3 is 0 Å². The standard InChI is InChI=1S/C18H17N5O3/c1-4-13(17(25)21-16-11(8-19)9-20-22(16)3)23-14-10(2)6-5-7-12(14)15(24)18(23)26/h5-7,9,13H,4H2,1-3H3,(H,21,25). The molecule has 0 fully saturated rings. The van der Waals surface area contributed by atoms with Crippen molar-refractivity contribution in [2.45, 2.75) is 26.3 Å². The number of aryl methyl sites for hydroxylation is 2. The molecule has 0 spiro atoms. The maximum Gasteiger partial charge on any atom is 0.300 e. The third-order valence-electron chi connectivity index (χ3n) is 4.44. The molecule has 0 radical (unpaired) electrons. The van der Waals surface area contributed by atoms with Crippen LogP contribution in [0.5, 0.6) is 0 Å². The van der Waals surface area contributed by atoms with Crippen LogP contribution in [-0.4, -0.2) is 33.4 Å². The summed E-state index contributed by atoms with van der Waals surface area (Å²) in [5.74, 6) is -1.57. The van der Waals surface area contributed by atoms with Gasteiger partial charge in [0.1, 0.15) is 23.5 Å². The summed E-state index contributed by atoms with van der Waals surface area (Å²) in [6, 6.07) is 6.16. The molecule has 1 aromatic carbocycles. The second-order valence-corrected chi connectivity index (χ2v) is 6.03. The summed E-state index contributed by atoms with van der Waals surface area (Å²) in [4.78, 5) is 38.9. The zero-order valence-electron chi connectivity index (χ0n) is 14.6. The Morgan fingerprint density at radius 2 is 2.12 bits per heavy atom. The van der Waals surface area contributed by atoms with Crippen LogP contribution in [0.2, 0.25) is 0 Å². The predicted molar refractivity (Wildman–Crippen MR) is 93.6 cm³/mol. The largest absolute Gasteiger partial charge is 0.308 e. The number of carbonyl (C=O) groups excluding carboxylic acids is 3. The first kappa shape index (κ1) is 17.4. The molecule has 0 bridgehead atoms. The van der Waals surface area contributed by atoms with Crippen molar-refractivity contribution in [3.63, 3.8) is 0 Å². The van der Waals surface area contributed by atoms with E-state index in [1.807, 2.05) is 6.07 Å². The minimum absolute atomic E-state index is 0.219. The first-order chi connectivity index (χ1) is 12.4. The molecule has 3 rings (SSSR count). The lowest BCUT2D eigenvalue weighted by Crippen LogP contribution is -2.47. The van der Waals surface area contributed by atoms with Gasteiger partial charge in [-0.3, -0.25) is 24.0 Å². The van der Waals surface area contributed by atoms with Crippen LogP contribution in [0.25, 0.3) is 0 Å². The van der Waals surface area contributed by atoms with Gasteiger partial charge in [-0.2, -0.15) is 10.4 Å². The molecule has 1 aliphatic rings. The lowest BCUT2D eigenvalue weighted by molar-refractivity contribution is -0.121. The molecule has 1 unspecified atom stereocenters. The molecular formula is C18H17N5O3. The number of para-hydroxylation sites is 1. The van der Waals surface area contributed by atoms with Gasteiger partial charge in [0.25, 0.3) is 11.7 Å². The fourth-order valence-corrected chi connectivity index (χ4v) is 3.14. The number of nitriles is 1. The van der Waals surface area contributed by atoms with Crippen molar-refractivity contribution in [1.82, 2.24) is 9.78 Å². The van der Waals surface area contributed by atoms with E-state index in [0.717, 1.165) is 5.56 Å². The molecule has 1 aliphatic heterocycles. The number of Topliss-reactive ketones (excluding diaryl/α,β-unsaturated/α-hetero) is 1. The molecule has 2 amide bonds. The van der Waals surface area contributed by atoms with Crippen LogP contribution < -0.4 is 10.2 Å². The van der Waals surface area contributed by atoms with Crippen molar-refractivity contribution < 1.29 is 14.4 Å². The Balaban J connectivity index is 1.99. The summed E-state index contributed by atoms with van der Waals surface area (Å²) < 4.78 is 1.37. The van der Waals surface area contributed by atoms with Crippen LogP contribution in [0.1, 0.15) is 34.8 Å². The molecule has 0 aliphatic carbocycles. The zero-order valence-corrected chi connectivity index (χ0v) is 14.6. The van der Waals surface area contributed by atoms with Crippen LogP contribution in [0.4, 0.5) is 11.5 Å². The van der Waals surface area contributed by atoms with E-state index in [9.17, 15) is 14.4 Å². The van der Waals surface area contributed by atoms with Gasteiger partial charge in [0, 0.05) is 7.05 Å². The van der Waals surface area contributed by atoms with Gasteiger partial charge in [-0.25, -0.2) is 0 Å². The van der Waals surface area contributed by atoms with Crippen LogP contribution in [0.3, 0.4) is 0 Å². The summed E-state index contributed by atoms with van der Waals surface area (Å²) >= 11 is 0. The van der Waals surface area contributed by atoms with Crippen LogP contribution in [-0.2, 0) is 16.6 Å². The number of benzene rings is 1. The van der Waals surface area contributed by atoms with Crippen molar-refractivity contribution in [3.8, 4) is 6.07 Å². The van der Waals surface area contributed by atoms with E-state index in [2.05, 4.69) is 10.4 Å². The van der Waals surface area contributed by atoms with E-state index in [1.54, 1.807) is 39.1 Å². The molecule has 0 saturated carbocycles. The Hall–Kier alpha value is -3.47. The van der Waals surface area contributed by atoms with Gasteiger partial charge in [0.05, 0.1) is 17.4 Å². The fraction of sp³-hybridized carbons (Fsp3) is 0.278. The zero-order chi connectivity index (χ0) is 19.0. The number of aromatic nitrogens is 2. The van der Waals surface area contributed by atoms with E-state index in [-0.39, 0.29) is 11.4 Å². The number of carbonyl (C=O) groups is 3. The predicted octanol–water partition coefficient (Wildman–Crippen LogP) is 1.55. The first-order valence-corrected chi connectivity index (χ1v) is 8.11. The summed E-state index contributed by atoms with van der Waals surface area (Å²) in [7, 11) is 1.60. The normalized spacial score (nSPS) is 14.2. The lowest BCUT2D eigenvalue weighted by atomic mass is 10.1. The fourth-order valence-electron chi connectivity index (χ4n) is 3.14. The highest BCUT2D eigenvalue weighted by atomic mass is 16.2.